The van der Waals surface area contributed by atoms with Crippen LogP contribution in [0.4, 0.5) is 0 Å². The molecule has 0 unspecified atom stereocenters. The monoisotopic (exact) mass is 374 g/mol. The standard InChI is InChI=1S/C25H42O2/c1-16(2)8-7-9-17(3)22-11-12-23-21-10-13-24(27-19(5)26)18(4)20(21)14-15-25(22,23)6/h16-17,20-23H,7-15H2,1-6H3/t17-,20+,21+,22+,23-,25-/m1/s1. The largest absolute Gasteiger partial charge is 0.431 e. The smallest absolute Gasteiger partial charge is 0.307 e. The van der Waals surface area contributed by atoms with Crippen molar-refractivity contribution >= 4 is 5.97 Å². The summed E-state index contributed by atoms with van der Waals surface area (Å²) in [6.45, 7) is 13.6. The zero-order chi connectivity index (χ0) is 19.8. The van der Waals surface area contributed by atoms with E-state index in [9.17, 15) is 4.79 Å². The molecule has 0 radical (unpaired) electrons. The summed E-state index contributed by atoms with van der Waals surface area (Å²) >= 11 is 0. The first kappa shape index (κ1) is 20.9. The summed E-state index contributed by atoms with van der Waals surface area (Å²) in [5, 5.41) is 0. The molecule has 2 fully saturated rings. The van der Waals surface area contributed by atoms with Crippen LogP contribution in [0.3, 0.4) is 0 Å². The Bertz CT molecular complexity index is 575. The van der Waals surface area contributed by atoms with Crippen molar-refractivity contribution in [2.75, 3.05) is 0 Å². The highest BCUT2D eigenvalue weighted by Crippen LogP contribution is 2.63. The summed E-state index contributed by atoms with van der Waals surface area (Å²) < 4.78 is 5.55. The summed E-state index contributed by atoms with van der Waals surface area (Å²) in [6, 6.07) is 0. The molecule has 0 aromatic carbocycles. The number of allylic oxidation sites excluding steroid dienone is 2. The SMILES string of the molecule is CC(=O)OC1=C(C)[C@@H]2CC[C@@]3(C)[C@H](CC[C@H]3[C@H](C)CCCC(C)C)[C@H]2CC1. The summed E-state index contributed by atoms with van der Waals surface area (Å²) in [7, 11) is 0. The lowest BCUT2D eigenvalue weighted by molar-refractivity contribution is -0.137. The molecule has 0 aromatic rings. The van der Waals surface area contributed by atoms with Gasteiger partial charge in [0, 0.05) is 13.3 Å². The lowest BCUT2D eigenvalue weighted by atomic mass is 9.53. The molecule has 154 valence electrons. The summed E-state index contributed by atoms with van der Waals surface area (Å²) in [6.07, 6.45) is 11.9. The molecule has 6 atom stereocenters. The average molecular weight is 375 g/mol. The van der Waals surface area contributed by atoms with Crippen LogP contribution in [0.5, 0.6) is 0 Å². The van der Waals surface area contributed by atoms with E-state index in [1.165, 1.54) is 63.9 Å². The zero-order valence-electron chi connectivity index (χ0n) is 18.6. The van der Waals surface area contributed by atoms with E-state index < -0.39 is 0 Å². The van der Waals surface area contributed by atoms with Crippen LogP contribution >= 0.6 is 0 Å². The molecule has 2 saturated carbocycles. The maximum absolute atomic E-state index is 11.4. The van der Waals surface area contributed by atoms with Gasteiger partial charge in [-0.05, 0) is 85.5 Å². The summed E-state index contributed by atoms with van der Waals surface area (Å²) in [5.74, 6) is 5.80. The fourth-order valence-electron chi connectivity index (χ4n) is 7.26. The van der Waals surface area contributed by atoms with Gasteiger partial charge in [0.1, 0.15) is 5.76 Å². The van der Waals surface area contributed by atoms with E-state index in [1.54, 1.807) is 0 Å². The average Bonchev–Trinajstić information content (AvgIpc) is 2.94. The van der Waals surface area contributed by atoms with Gasteiger partial charge in [0.25, 0.3) is 0 Å². The van der Waals surface area contributed by atoms with E-state index in [-0.39, 0.29) is 5.97 Å². The third kappa shape index (κ3) is 4.15. The molecule has 0 spiro atoms. The van der Waals surface area contributed by atoms with Gasteiger partial charge in [-0.15, -0.1) is 0 Å². The van der Waals surface area contributed by atoms with Crippen molar-refractivity contribution in [2.24, 2.45) is 40.9 Å². The molecule has 0 saturated heterocycles. The van der Waals surface area contributed by atoms with Crippen molar-refractivity contribution in [1.82, 2.24) is 0 Å². The van der Waals surface area contributed by atoms with Gasteiger partial charge in [0.2, 0.25) is 0 Å². The first-order valence-electron chi connectivity index (χ1n) is 11.6. The number of esters is 1. The molecule has 2 heteroatoms. The molecule has 0 amide bonds. The quantitative estimate of drug-likeness (QED) is 0.462. The summed E-state index contributed by atoms with van der Waals surface area (Å²) in [5.41, 5.74) is 1.93. The zero-order valence-corrected chi connectivity index (χ0v) is 18.6. The minimum absolute atomic E-state index is 0.153. The Morgan fingerprint density at radius 2 is 1.89 bits per heavy atom. The van der Waals surface area contributed by atoms with Gasteiger partial charge < -0.3 is 4.74 Å². The lowest BCUT2D eigenvalue weighted by Gasteiger charge is -2.52. The Morgan fingerprint density at radius 3 is 2.56 bits per heavy atom. The number of hydrogen-bond acceptors (Lipinski definition) is 2. The number of carbonyl (C=O) groups is 1. The number of rotatable bonds is 6. The molecule has 0 N–H and O–H groups in total. The molecule has 27 heavy (non-hydrogen) atoms. The third-order valence-corrected chi connectivity index (χ3v) is 8.61. The number of hydrogen-bond donors (Lipinski definition) is 0. The van der Waals surface area contributed by atoms with E-state index in [4.69, 9.17) is 4.74 Å². The Kier molecular flexibility index (Phi) is 6.43. The second kappa shape index (κ2) is 8.29. The highest BCUT2D eigenvalue weighted by atomic mass is 16.5. The second-order valence-electron chi connectivity index (χ2n) is 10.6. The first-order valence-corrected chi connectivity index (χ1v) is 11.6. The fraction of sp³-hybridized carbons (Fsp3) is 0.880. The van der Waals surface area contributed by atoms with Crippen LogP contribution in [0.1, 0.15) is 99.3 Å². The van der Waals surface area contributed by atoms with Crippen LogP contribution in [-0.2, 0) is 9.53 Å². The van der Waals surface area contributed by atoms with Crippen molar-refractivity contribution in [3.63, 3.8) is 0 Å². The summed E-state index contributed by atoms with van der Waals surface area (Å²) in [4.78, 5) is 11.4. The van der Waals surface area contributed by atoms with Crippen molar-refractivity contribution in [3.8, 4) is 0 Å². The number of ether oxygens (including phenoxy) is 1. The van der Waals surface area contributed by atoms with Gasteiger partial charge in [-0.3, -0.25) is 4.79 Å². The van der Waals surface area contributed by atoms with Crippen molar-refractivity contribution in [2.45, 2.75) is 99.3 Å². The van der Waals surface area contributed by atoms with Crippen molar-refractivity contribution < 1.29 is 9.53 Å². The number of fused-ring (bicyclic) bond motifs is 3. The Balaban J connectivity index is 1.69. The predicted octanol–water partition coefficient (Wildman–Crippen LogP) is 7.14. The van der Waals surface area contributed by atoms with Crippen LogP contribution in [0.25, 0.3) is 0 Å². The topological polar surface area (TPSA) is 26.3 Å². The van der Waals surface area contributed by atoms with Crippen LogP contribution < -0.4 is 0 Å². The van der Waals surface area contributed by atoms with E-state index >= 15 is 0 Å². The van der Waals surface area contributed by atoms with Crippen molar-refractivity contribution in [1.29, 1.82) is 0 Å². The molecular weight excluding hydrogens is 332 g/mol. The van der Waals surface area contributed by atoms with Gasteiger partial charge in [-0.2, -0.15) is 0 Å². The molecule has 3 aliphatic rings. The molecule has 0 heterocycles. The second-order valence-corrected chi connectivity index (χ2v) is 10.6. The maximum Gasteiger partial charge on any atom is 0.307 e. The molecule has 3 rings (SSSR count). The van der Waals surface area contributed by atoms with Crippen LogP contribution in [0, 0.1) is 40.9 Å². The first-order chi connectivity index (χ1) is 12.7. The lowest BCUT2D eigenvalue weighted by Crippen LogP contribution is -2.44. The Morgan fingerprint density at radius 1 is 1.15 bits per heavy atom. The molecule has 0 aromatic heterocycles. The molecule has 0 aliphatic heterocycles. The highest BCUT2D eigenvalue weighted by Gasteiger charge is 2.55. The van der Waals surface area contributed by atoms with Gasteiger partial charge in [0.15, 0.2) is 0 Å². The highest BCUT2D eigenvalue weighted by molar-refractivity contribution is 5.67. The van der Waals surface area contributed by atoms with Gasteiger partial charge >= 0.3 is 5.97 Å². The number of carbonyl (C=O) groups excluding carboxylic acids is 1. The molecule has 2 nitrogen and oxygen atoms in total. The molecular formula is C25H42O2. The van der Waals surface area contributed by atoms with E-state index in [2.05, 4.69) is 34.6 Å². The molecule has 3 aliphatic carbocycles. The van der Waals surface area contributed by atoms with E-state index in [1.807, 2.05) is 0 Å². The van der Waals surface area contributed by atoms with Gasteiger partial charge in [-0.1, -0.05) is 47.0 Å². The minimum Gasteiger partial charge on any atom is -0.431 e. The third-order valence-electron chi connectivity index (χ3n) is 8.61. The Labute approximate surface area is 167 Å². The van der Waals surface area contributed by atoms with Gasteiger partial charge in [0.05, 0.1) is 0 Å². The van der Waals surface area contributed by atoms with Crippen LogP contribution in [-0.4, -0.2) is 5.97 Å². The predicted molar refractivity (Wildman–Crippen MR) is 112 cm³/mol. The van der Waals surface area contributed by atoms with Gasteiger partial charge in [-0.25, -0.2) is 0 Å². The fourth-order valence-corrected chi connectivity index (χ4v) is 7.26. The van der Waals surface area contributed by atoms with E-state index in [0.29, 0.717) is 11.3 Å². The van der Waals surface area contributed by atoms with Crippen molar-refractivity contribution in [3.05, 3.63) is 11.3 Å². The maximum atomic E-state index is 11.4. The molecule has 0 bridgehead atoms. The van der Waals surface area contributed by atoms with Crippen LogP contribution in [0.2, 0.25) is 0 Å². The minimum atomic E-state index is -0.153. The Hall–Kier alpha value is -0.790. The normalized spacial score (nSPS) is 37.1. The van der Waals surface area contributed by atoms with Crippen LogP contribution in [0.15, 0.2) is 11.3 Å². The van der Waals surface area contributed by atoms with E-state index in [0.717, 1.165) is 41.8 Å².